The third kappa shape index (κ3) is 3.69. The maximum atomic E-state index is 9.15. The molecule has 0 bridgehead atoms. The van der Waals surface area contributed by atoms with E-state index in [1.807, 2.05) is 6.92 Å². The molecule has 0 unspecified atom stereocenters. The zero-order valence-corrected chi connectivity index (χ0v) is 11.8. The van der Waals surface area contributed by atoms with E-state index in [-0.39, 0.29) is 0 Å². The van der Waals surface area contributed by atoms with Crippen molar-refractivity contribution in [1.29, 1.82) is 5.26 Å². The van der Waals surface area contributed by atoms with E-state index in [9.17, 15) is 0 Å². The highest BCUT2D eigenvalue weighted by atomic mass is 15.2. The monoisotopic (exact) mass is 246 g/mol. The summed E-state index contributed by atoms with van der Waals surface area (Å²) in [7, 11) is 0. The molecule has 0 aromatic carbocycles. The van der Waals surface area contributed by atoms with Crippen molar-refractivity contribution in [3.8, 4) is 6.07 Å². The number of nitriles is 1. The highest BCUT2D eigenvalue weighted by Gasteiger charge is 2.16. The number of hydrogen-bond acceptors (Lipinski definition) is 4. The second-order valence-electron chi connectivity index (χ2n) is 4.76. The molecule has 0 atom stereocenters. The van der Waals surface area contributed by atoms with E-state index in [4.69, 9.17) is 5.26 Å². The lowest BCUT2D eigenvalue weighted by molar-refractivity contribution is 0.617. The predicted octanol–water partition coefficient (Wildman–Crippen LogP) is 3.06. The number of hydrogen-bond donors (Lipinski definition) is 0. The van der Waals surface area contributed by atoms with Crippen LogP contribution in [0.5, 0.6) is 0 Å². The summed E-state index contributed by atoms with van der Waals surface area (Å²) < 4.78 is 0. The Bertz CT molecular complexity index is 420. The van der Waals surface area contributed by atoms with E-state index in [0.29, 0.717) is 17.4 Å². The highest BCUT2D eigenvalue weighted by Crippen LogP contribution is 2.19. The Morgan fingerprint density at radius 3 is 2.67 bits per heavy atom. The van der Waals surface area contributed by atoms with Gasteiger partial charge in [0.05, 0.1) is 6.20 Å². The normalized spacial score (nSPS) is 10.4. The molecule has 4 heteroatoms. The van der Waals surface area contributed by atoms with Crippen LogP contribution in [0, 0.1) is 18.3 Å². The molecule has 4 nitrogen and oxygen atoms in total. The Kier molecular flexibility index (Phi) is 5.57. The van der Waals surface area contributed by atoms with Crippen LogP contribution < -0.4 is 4.90 Å². The van der Waals surface area contributed by atoms with Gasteiger partial charge in [0.2, 0.25) is 0 Å². The first-order valence-corrected chi connectivity index (χ1v) is 6.60. The Morgan fingerprint density at radius 2 is 2.11 bits per heavy atom. The Balaban J connectivity index is 2.98. The van der Waals surface area contributed by atoms with Crippen molar-refractivity contribution >= 4 is 5.82 Å². The van der Waals surface area contributed by atoms with Gasteiger partial charge in [0.15, 0.2) is 5.82 Å². The summed E-state index contributed by atoms with van der Waals surface area (Å²) in [5, 5.41) is 9.15. The standard InChI is InChI=1S/C14H22N4/c1-5-6-7-8-18(11(2)3)14-13(9-15)10-16-12(4)17-14/h10-11H,5-8H2,1-4H3. The van der Waals surface area contributed by atoms with Crippen LogP contribution in [0.2, 0.25) is 0 Å². The van der Waals surface area contributed by atoms with Crippen LogP contribution >= 0.6 is 0 Å². The molecule has 1 aromatic heterocycles. The molecule has 0 saturated carbocycles. The number of rotatable bonds is 6. The van der Waals surface area contributed by atoms with Gasteiger partial charge in [0.1, 0.15) is 17.5 Å². The van der Waals surface area contributed by atoms with Crippen LogP contribution in [0.3, 0.4) is 0 Å². The number of anilines is 1. The van der Waals surface area contributed by atoms with Crippen molar-refractivity contribution in [1.82, 2.24) is 9.97 Å². The molecule has 1 rings (SSSR count). The number of aryl methyl sites for hydroxylation is 1. The lowest BCUT2D eigenvalue weighted by Gasteiger charge is -2.28. The van der Waals surface area contributed by atoms with Gasteiger partial charge in [-0.1, -0.05) is 19.8 Å². The van der Waals surface area contributed by atoms with Crippen LogP contribution in [-0.2, 0) is 0 Å². The molecule has 1 heterocycles. The van der Waals surface area contributed by atoms with E-state index in [1.54, 1.807) is 6.20 Å². The molecular formula is C14H22N4. The first-order valence-electron chi connectivity index (χ1n) is 6.60. The molecule has 0 aliphatic rings. The Morgan fingerprint density at radius 1 is 1.39 bits per heavy atom. The van der Waals surface area contributed by atoms with Gasteiger partial charge in [-0.15, -0.1) is 0 Å². The average Bonchev–Trinajstić information content (AvgIpc) is 2.34. The second-order valence-corrected chi connectivity index (χ2v) is 4.76. The van der Waals surface area contributed by atoms with Crippen LogP contribution in [0.25, 0.3) is 0 Å². The fourth-order valence-electron chi connectivity index (χ4n) is 1.90. The third-order valence-electron chi connectivity index (χ3n) is 2.91. The maximum absolute atomic E-state index is 9.15. The van der Waals surface area contributed by atoms with Gasteiger partial charge < -0.3 is 4.90 Å². The van der Waals surface area contributed by atoms with Gasteiger partial charge in [-0.25, -0.2) is 9.97 Å². The van der Waals surface area contributed by atoms with E-state index >= 15 is 0 Å². The van der Waals surface area contributed by atoms with Crippen molar-refractivity contribution in [3.05, 3.63) is 17.6 Å². The minimum atomic E-state index is 0.336. The predicted molar refractivity (Wildman–Crippen MR) is 73.5 cm³/mol. The molecule has 0 fully saturated rings. The molecule has 0 N–H and O–H groups in total. The van der Waals surface area contributed by atoms with Crippen LogP contribution in [-0.4, -0.2) is 22.6 Å². The number of unbranched alkanes of at least 4 members (excludes halogenated alkanes) is 2. The zero-order chi connectivity index (χ0) is 13.5. The molecule has 0 aliphatic carbocycles. The zero-order valence-electron chi connectivity index (χ0n) is 11.8. The lowest BCUT2D eigenvalue weighted by atomic mass is 10.2. The quantitative estimate of drug-likeness (QED) is 0.724. The van der Waals surface area contributed by atoms with E-state index in [1.165, 1.54) is 12.8 Å². The summed E-state index contributed by atoms with van der Waals surface area (Å²) in [5.74, 6) is 1.49. The average molecular weight is 246 g/mol. The van der Waals surface area contributed by atoms with Crippen molar-refractivity contribution in [2.75, 3.05) is 11.4 Å². The van der Waals surface area contributed by atoms with Gasteiger partial charge in [-0.3, -0.25) is 0 Å². The van der Waals surface area contributed by atoms with Gasteiger partial charge in [0.25, 0.3) is 0 Å². The summed E-state index contributed by atoms with van der Waals surface area (Å²) in [6.45, 7) is 9.25. The SMILES string of the molecule is CCCCCN(c1nc(C)ncc1C#N)C(C)C. The molecule has 0 aliphatic heterocycles. The fourth-order valence-corrected chi connectivity index (χ4v) is 1.90. The smallest absolute Gasteiger partial charge is 0.150 e. The summed E-state index contributed by atoms with van der Waals surface area (Å²) >= 11 is 0. The van der Waals surface area contributed by atoms with Crippen LogP contribution in [0.1, 0.15) is 51.4 Å². The van der Waals surface area contributed by atoms with Crippen molar-refractivity contribution < 1.29 is 0 Å². The van der Waals surface area contributed by atoms with Gasteiger partial charge in [-0.05, 0) is 27.2 Å². The summed E-state index contributed by atoms with van der Waals surface area (Å²) in [6, 6.07) is 2.52. The van der Waals surface area contributed by atoms with E-state index in [2.05, 4.69) is 41.7 Å². The molecule has 0 radical (unpaired) electrons. The van der Waals surface area contributed by atoms with Gasteiger partial charge >= 0.3 is 0 Å². The summed E-state index contributed by atoms with van der Waals surface area (Å²) in [5.41, 5.74) is 0.561. The number of nitrogens with zero attached hydrogens (tertiary/aromatic N) is 4. The molecule has 1 aromatic rings. The molecule has 0 spiro atoms. The third-order valence-corrected chi connectivity index (χ3v) is 2.91. The van der Waals surface area contributed by atoms with E-state index < -0.39 is 0 Å². The molecule has 0 amide bonds. The van der Waals surface area contributed by atoms with Crippen molar-refractivity contribution in [2.24, 2.45) is 0 Å². The van der Waals surface area contributed by atoms with E-state index in [0.717, 1.165) is 18.8 Å². The fraction of sp³-hybridized carbons (Fsp3) is 0.643. The van der Waals surface area contributed by atoms with Crippen LogP contribution in [0.15, 0.2) is 6.20 Å². The van der Waals surface area contributed by atoms with Crippen molar-refractivity contribution in [3.63, 3.8) is 0 Å². The summed E-state index contributed by atoms with van der Waals surface area (Å²) in [4.78, 5) is 10.7. The minimum Gasteiger partial charge on any atom is -0.353 e. The first-order chi connectivity index (χ1) is 8.60. The first kappa shape index (κ1) is 14.4. The van der Waals surface area contributed by atoms with Gasteiger partial charge in [-0.2, -0.15) is 5.26 Å². The van der Waals surface area contributed by atoms with Crippen LogP contribution in [0.4, 0.5) is 5.82 Å². The molecule has 0 saturated heterocycles. The summed E-state index contributed by atoms with van der Waals surface area (Å²) in [6.07, 6.45) is 5.14. The molecule has 98 valence electrons. The van der Waals surface area contributed by atoms with Gasteiger partial charge in [0, 0.05) is 12.6 Å². The largest absolute Gasteiger partial charge is 0.353 e. The maximum Gasteiger partial charge on any atom is 0.150 e. The Hall–Kier alpha value is -1.63. The highest BCUT2D eigenvalue weighted by molar-refractivity contribution is 5.53. The lowest BCUT2D eigenvalue weighted by Crippen LogP contribution is -2.33. The number of aromatic nitrogens is 2. The topological polar surface area (TPSA) is 52.8 Å². The second kappa shape index (κ2) is 6.95. The van der Waals surface area contributed by atoms with Crippen molar-refractivity contribution in [2.45, 2.75) is 53.0 Å². The Labute approximate surface area is 110 Å². The molecular weight excluding hydrogens is 224 g/mol. The minimum absolute atomic E-state index is 0.336. The molecule has 18 heavy (non-hydrogen) atoms.